The molecule has 0 saturated carbocycles. The van der Waals surface area contributed by atoms with Crippen LogP contribution in [0.4, 0.5) is 0 Å². The lowest BCUT2D eigenvalue weighted by Gasteiger charge is -2.01. The Morgan fingerprint density at radius 2 is 1.69 bits per heavy atom. The lowest BCUT2D eigenvalue weighted by Crippen LogP contribution is -1.81. The van der Waals surface area contributed by atoms with Gasteiger partial charge in [-0.2, -0.15) is 0 Å². The molecular weight excluding hydrogens is 216 g/mol. The number of benzene rings is 1. The van der Waals surface area contributed by atoms with E-state index in [-0.39, 0.29) is 0 Å². The van der Waals surface area contributed by atoms with Crippen molar-refractivity contribution in [2.24, 2.45) is 0 Å². The summed E-state index contributed by atoms with van der Waals surface area (Å²) >= 11 is 1.87. The quantitative estimate of drug-likeness (QED) is 0.754. The fourth-order valence-corrected chi connectivity index (χ4v) is 2.59. The van der Waals surface area contributed by atoms with Gasteiger partial charge in [0.15, 0.2) is 0 Å². The molecule has 0 unspecified atom stereocenters. The van der Waals surface area contributed by atoms with E-state index >= 15 is 0 Å². The van der Waals surface area contributed by atoms with E-state index in [0.717, 1.165) is 5.75 Å². The van der Waals surface area contributed by atoms with Crippen molar-refractivity contribution in [1.82, 2.24) is 0 Å². The molecule has 0 aliphatic carbocycles. The van der Waals surface area contributed by atoms with E-state index in [4.69, 9.17) is 4.74 Å². The lowest BCUT2D eigenvalue weighted by atomic mass is 10.1. The van der Waals surface area contributed by atoms with Crippen LogP contribution in [-0.4, -0.2) is 7.11 Å². The van der Waals surface area contributed by atoms with Crippen molar-refractivity contribution in [3.8, 4) is 16.2 Å². The Morgan fingerprint density at radius 1 is 1.00 bits per heavy atom. The second-order valence-electron chi connectivity index (χ2n) is 4.09. The van der Waals surface area contributed by atoms with E-state index in [1.807, 2.05) is 23.5 Å². The van der Waals surface area contributed by atoms with Gasteiger partial charge in [0, 0.05) is 9.75 Å². The van der Waals surface area contributed by atoms with Gasteiger partial charge in [-0.1, -0.05) is 13.8 Å². The minimum absolute atomic E-state index is 0.608. The van der Waals surface area contributed by atoms with Crippen molar-refractivity contribution >= 4 is 11.3 Å². The van der Waals surface area contributed by atoms with Crippen molar-refractivity contribution in [2.45, 2.75) is 19.8 Å². The van der Waals surface area contributed by atoms with Gasteiger partial charge in [-0.3, -0.25) is 0 Å². The molecule has 84 valence electrons. The molecule has 0 bridgehead atoms. The monoisotopic (exact) mass is 232 g/mol. The molecule has 0 amide bonds. The SMILES string of the molecule is COc1ccc(-c2ccc(C(C)C)s2)cc1. The highest BCUT2D eigenvalue weighted by atomic mass is 32.1. The molecule has 0 saturated heterocycles. The second kappa shape index (κ2) is 4.71. The van der Waals surface area contributed by atoms with Gasteiger partial charge in [-0.15, -0.1) is 11.3 Å². The summed E-state index contributed by atoms with van der Waals surface area (Å²) in [4.78, 5) is 2.76. The molecule has 1 aromatic heterocycles. The van der Waals surface area contributed by atoms with Gasteiger partial charge < -0.3 is 4.74 Å². The Balaban J connectivity index is 2.28. The highest BCUT2D eigenvalue weighted by molar-refractivity contribution is 7.15. The Bertz CT molecular complexity index is 454. The first-order valence-electron chi connectivity index (χ1n) is 5.45. The fraction of sp³-hybridized carbons (Fsp3) is 0.286. The third kappa shape index (κ3) is 2.27. The largest absolute Gasteiger partial charge is 0.497 e. The minimum Gasteiger partial charge on any atom is -0.497 e. The van der Waals surface area contributed by atoms with Crippen LogP contribution in [0.15, 0.2) is 36.4 Å². The molecule has 1 aromatic carbocycles. The number of thiophene rings is 1. The molecule has 0 radical (unpaired) electrons. The van der Waals surface area contributed by atoms with E-state index in [9.17, 15) is 0 Å². The van der Waals surface area contributed by atoms with Crippen molar-refractivity contribution in [1.29, 1.82) is 0 Å². The van der Waals surface area contributed by atoms with Gasteiger partial charge in [-0.25, -0.2) is 0 Å². The molecule has 0 spiro atoms. The molecule has 0 aliphatic rings. The second-order valence-corrected chi connectivity index (χ2v) is 5.20. The predicted octanol–water partition coefficient (Wildman–Crippen LogP) is 4.55. The highest BCUT2D eigenvalue weighted by Gasteiger charge is 2.05. The lowest BCUT2D eigenvalue weighted by molar-refractivity contribution is 0.415. The number of ether oxygens (including phenoxy) is 1. The number of hydrogen-bond donors (Lipinski definition) is 0. The van der Waals surface area contributed by atoms with E-state index in [2.05, 4.69) is 38.1 Å². The first-order chi connectivity index (χ1) is 7.70. The number of methoxy groups -OCH3 is 1. The number of rotatable bonds is 3. The summed E-state index contributed by atoms with van der Waals surface area (Å²) in [6.45, 7) is 4.45. The molecule has 2 heteroatoms. The van der Waals surface area contributed by atoms with Crippen molar-refractivity contribution < 1.29 is 4.74 Å². The zero-order chi connectivity index (χ0) is 11.5. The zero-order valence-electron chi connectivity index (χ0n) is 9.86. The molecule has 0 atom stereocenters. The average Bonchev–Trinajstić information content (AvgIpc) is 2.78. The molecule has 0 N–H and O–H groups in total. The summed E-state index contributed by atoms with van der Waals surface area (Å²) in [6, 6.07) is 12.6. The smallest absolute Gasteiger partial charge is 0.118 e. The maximum absolute atomic E-state index is 5.15. The Hall–Kier alpha value is -1.28. The van der Waals surface area contributed by atoms with Crippen LogP contribution >= 0.6 is 11.3 Å². The Labute approximate surface area is 101 Å². The maximum atomic E-state index is 5.15. The van der Waals surface area contributed by atoms with Gasteiger partial charge in [0.1, 0.15) is 5.75 Å². The van der Waals surface area contributed by atoms with Crippen LogP contribution < -0.4 is 4.74 Å². The van der Waals surface area contributed by atoms with Gasteiger partial charge in [0.25, 0.3) is 0 Å². The predicted molar refractivity (Wildman–Crippen MR) is 70.4 cm³/mol. The van der Waals surface area contributed by atoms with Crippen LogP contribution in [0.1, 0.15) is 24.6 Å². The van der Waals surface area contributed by atoms with E-state index in [0.29, 0.717) is 5.92 Å². The maximum Gasteiger partial charge on any atom is 0.118 e. The van der Waals surface area contributed by atoms with Crippen LogP contribution in [0, 0.1) is 0 Å². The summed E-state index contributed by atoms with van der Waals surface area (Å²) in [5.74, 6) is 1.52. The van der Waals surface area contributed by atoms with Crippen molar-refractivity contribution in [3.05, 3.63) is 41.3 Å². The molecule has 1 nitrogen and oxygen atoms in total. The van der Waals surface area contributed by atoms with Crippen LogP contribution in [0.5, 0.6) is 5.75 Å². The van der Waals surface area contributed by atoms with Crippen molar-refractivity contribution in [3.63, 3.8) is 0 Å². The van der Waals surface area contributed by atoms with Gasteiger partial charge in [0.2, 0.25) is 0 Å². The topological polar surface area (TPSA) is 9.23 Å². The summed E-state index contributed by atoms with van der Waals surface area (Å²) in [5.41, 5.74) is 1.26. The third-order valence-corrected chi connectivity index (χ3v) is 4.01. The van der Waals surface area contributed by atoms with E-state index in [1.165, 1.54) is 15.3 Å². The fourth-order valence-electron chi connectivity index (χ4n) is 1.57. The van der Waals surface area contributed by atoms with Gasteiger partial charge >= 0.3 is 0 Å². The molecule has 16 heavy (non-hydrogen) atoms. The molecule has 0 fully saturated rings. The summed E-state index contributed by atoms with van der Waals surface area (Å²) in [6.07, 6.45) is 0. The number of hydrogen-bond acceptors (Lipinski definition) is 2. The third-order valence-electron chi connectivity index (χ3n) is 2.57. The van der Waals surface area contributed by atoms with Crippen molar-refractivity contribution in [2.75, 3.05) is 7.11 Å². The molecule has 1 heterocycles. The average molecular weight is 232 g/mol. The first kappa shape index (κ1) is 11.2. The molecular formula is C14H16OS. The van der Waals surface area contributed by atoms with Crippen LogP contribution in [0.25, 0.3) is 10.4 Å². The van der Waals surface area contributed by atoms with Gasteiger partial charge in [-0.05, 0) is 47.9 Å². The Morgan fingerprint density at radius 3 is 2.19 bits per heavy atom. The summed E-state index contributed by atoms with van der Waals surface area (Å²) in [7, 11) is 1.69. The van der Waals surface area contributed by atoms with Gasteiger partial charge in [0.05, 0.1) is 7.11 Å². The highest BCUT2D eigenvalue weighted by Crippen LogP contribution is 2.32. The summed E-state index contributed by atoms with van der Waals surface area (Å²) < 4.78 is 5.15. The molecule has 0 aliphatic heterocycles. The normalized spacial score (nSPS) is 10.8. The standard InChI is InChI=1S/C14H16OS/c1-10(2)13-8-9-14(16-13)11-4-6-12(15-3)7-5-11/h4-10H,1-3H3. The minimum atomic E-state index is 0.608. The van der Waals surface area contributed by atoms with E-state index < -0.39 is 0 Å². The van der Waals surface area contributed by atoms with E-state index in [1.54, 1.807) is 7.11 Å². The molecule has 2 rings (SSSR count). The van der Waals surface area contributed by atoms with Crippen LogP contribution in [0.3, 0.4) is 0 Å². The zero-order valence-corrected chi connectivity index (χ0v) is 10.7. The summed E-state index contributed by atoms with van der Waals surface area (Å²) in [5, 5.41) is 0. The Kier molecular flexibility index (Phi) is 3.30. The molecule has 2 aromatic rings. The first-order valence-corrected chi connectivity index (χ1v) is 6.26. The van der Waals surface area contributed by atoms with Crippen LogP contribution in [0.2, 0.25) is 0 Å². The van der Waals surface area contributed by atoms with Crippen LogP contribution in [-0.2, 0) is 0 Å².